The summed E-state index contributed by atoms with van der Waals surface area (Å²) in [7, 11) is 0. The Labute approximate surface area is 191 Å². The lowest BCUT2D eigenvalue weighted by atomic mass is 9.87. The zero-order valence-corrected chi connectivity index (χ0v) is 19.5. The molecule has 0 saturated carbocycles. The number of benzene rings is 1. The summed E-state index contributed by atoms with van der Waals surface area (Å²) in [5.74, 6) is -1.09. The Morgan fingerprint density at radius 1 is 1.16 bits per heavy atom. The number of carbonyl (C=O) groups is 2. The van der Waals surface area contributed by atoms with E-state index in [1.54, 1.807) is 6.08 Å². The summed E-state index contributed by atoms with van der Waals surface area (Å²) in [5, 5.41) is 16.2. The molecule has 2 aliphatic rings. The maximum absolute atomic E-state index is 11.9. The Morgan fingerprint density at radius 3 is 2.38 bits per heavy atom. The molecule has 0 aromatic heterocycles. The zero-order valence-electron chi connectivity index (χ0n) is 19.5. The molecular formula is C25H37N3O4. The Kier molecular flexibility index (Phi) is 8.70. The van der Waals surface area contributed by atoms with Gasteiger partial charge < -0.3 is 25.4 Å². The summed E-state index contributed by atoms with van der Waals surface area (Å²) in [5.41, 5.74) is 2.69. The highest BCUT2D eigenvalue weighted by atomic mass is 16.5. The van der Waals surface area contributed by atoms with Crippen LogP contribution >= 0.6 is 0 Å². The molecule has 176 valence electrons. The van der Waals surface area contributed by atoms with E-state index >= 15 is 0 Å². The van der Waals surface area contributed by atoms with Crippen molar-refractivity contribution in [3.8, 4) is 0 Å². The highest BCUT2D eigenvalue weighted by Crippen LogP contribution is 2.25. The molecule has 3 atom stereocenters. The fourth-order valence-electron chi connectivity index (χ4n) is 4.61. The number of nitrogens with zero attached hydrogens (tertiary/aromatic N) is 1. The van der Waals surface area contributed by atoms with Gasteiger partial charge in [0.2, 0.25) is 5.91 Å². The van der Waals surface area contributed by atoms with Crippen LogP contribution in [0.4, 0.5) is 5.69 Å². The highest BCUT2D eigenvalue weighted by molar-refractivity contribution is 5.87. The summed E-state index contributed by atoms with van der Waals surface area (Å²) >= 11 is 0. The number of anilines is 1. The first kappa shape index (κ1) is 24.3. The van der Waals surface area contributed by atoms with Crippen molar-refractivity contribution >= 4 is 17.6 Å². The number of ether oxygens (including phenoxy) is 1. The van der Waals surface area contributed by atoms with E-state index in [1.165, 1.54) is 25.5 Å². The summed E-state index contributed by atoms with van der Waals surface area (Å²) in [6.07, 6.45) is 5.68. The van der Waals surface area contributed by atoms with Crippen LogP contribution in [0, 0.1) is 0 Å². The van der Waals surface area contributed by atoms with Gasteiger partial charge in [-0.15, -0.1) is 0 Å². The first-order valence-corrected chi connectivity index (χ1v) is 11.8. The van der Waals surface area contributed by atoms with E-state index < -0.39 is 12.1 Å². The highest BCUT2D eigenvalue weighted by Gasteiger charge is 2.37. The standard InChI is InChI=1S/C25H37N3O4/c1-4-21(5-2)32-23-15-19(25(30)31)14-22(24(23)27-17(3)29)26-16-18-8-10-20(11-9-18)28-12-6-7-13-28/h8-11,15,21-24,26H,4-7,12-14,16H2,1-3H3,(H,27,29)(H,30,31)/t22-,23+,24+/m0/s1. The molecular weight excluding hydrogens is 406 g/mol. The molecule has 1 aromatic carbocycles. The molecule has 1 amide bonds. The molecule has 1 aliphatic carbocycles. The van der Waals surface area contributed by atoms with E-state index in [2.05, 4.69) is 39.8 Å². The average Bonchev–Trinajstić information content (AvgIpc) is 3.32. The maximum atomic E-state index is 11.9. The van der Waals surface area contributed by atoms with Crippen LogP contribution < -0.4 is 15.5 Å². The molecule has 0 radical (unpaired) electrons. The number of carbonyl (C=O) groups excluding carboxylic acids is 1. The fourth-order valence-corrected chi connectivity index (χ4v) is 4.61. The van der Waals surface area contributed by atoms with Gasteiger partial charge in [-0.1, -0.05) is 26.0 Å². The van der Waals surface area contributed by atoms with Crippen LogP contribution in [0.25, 0.3) is 0 Å². The monoisotopic (exact) mass is 443 g/mol. The van der Waals surface area contributed by atoms with Crippen molar-refractivity contribution in [2.75, 3.05) is 18.0 Å². The molecule has 7 nitrogen and oxygen atoms in total. The van der Waals surface area contributed by atoms with Crippen molar-refractivity contribution in [1.82, 2.24) is 10.6 Å². The summed E-state index contributed by atoms with van der Waals surface area (Å²) in [4.78, 5) is 26.1. The molecule has 0 spiro atoms. The second-order valence-corrected chi connectivity index (χ2v) is 8.81. The SMILES string of the molecule is CCC(CC)O[C@@H]1C=C(C(=O)O)C[C@H](NCc2ccc(N3CCCC3)cc2)[C@H]1NC(C)=O. The van der Waals surface area contributed by atoms with E-state index in [1.807, 2.05) is 13.8 Å². The topological polar surface area (TPSA) is 90.9 Å². The Bertz CT molecular complexity index is 798. The predicted molar refractivity (Wildman–Crippen MR) is 126 cm³/mol. The van der Waals surface area contributed by atoms with Crippen LogP contribution in [-0.4, -0.2) is 54.4 Å². The third-order valence-corrected chi connectivity index (χ3v) is 6.47. The number of nitrogens with one attached hydrogen (secondary N) is 2. The van der Waals surface area contributed by atoms with Gasteiger partial charge in [-0.05, 0) is 55.9 Å². The van der Waals surface area contributed by atoms with Gasteiger partial charge in [0, 0.05) is 43.9 Å². The molecule has 1 heterocycles. The van der Waals surface area contributed by atoms with Crippen molar-refractivity contribution in [3.05, 3.63) is 41.5 Å². The van der Waals surface area contributed by atoms with Gasteiger partial charge in [-0.25, -0.2) is 4.79 Å². The Morgan fingerprint density at radius 2 is 1.81 bits per heavy atom. The van der Waals surface area contributed by atoms with Crippen molar-refractivity contribution < 1.29 is 19.4 Å². The van der Waals surface area contributed by atoms with Gasteiger partial charge in [0.05, 0.1) is 18.2 Å². The van der Waals surface area contributed by atoms with Gasteiger partial charge in [0.1, 0.15) is 0 Å². The number of carboxylic acid groups (broad SMARTS) is 1. The number of hydrogen-bond donors (Lipinski definition) is 3. The molecule has 32 heavy (non-hydrogen) atoms. The largest absolute Gasteiger partial charge is 0.478 e. The lowest BCUT2D eigenvalue weighted by Crippen LogP contribution is -2.58. The third-order valence-electron chi connectivity index (χ3n) is 6.47. The van der Waals surface area contributed by atoms with Crippen LogP contribution in [0.5, 0.6) is 0 Å². The molecule has 3 rings (SSSR count). The first-order chi connectivity index (χ1) is 15.4. The predicted octanol–water partition coefficient (Wildman–Crippen LogP) is 3.24. The minimum Gasteiger partial charge on any atom is -0.478 e. The molecule has 0 unspecified atom stereocenters. The Hall–Kier alpha value is -2.38. The van der Waals surface area contributed by atoms with Crippen molar-refractivity contribution in [1.29, 1.82) is 0 Å². The van der Waals surface area contributed by atoms with Gasteiger partial charge in [-0.3, -0.25) is 4.79 Å². The summed E-state index contributed by atoms with van der Waals surface area (Å²) in [6.45, 7) is 8.40. The van der Waals surface area contributed by atoms with Crippen LogP contribution in [0.1, 0.15) is 58.4 Å². The van der Waals surface area contributed by atoms with Gasteiger partial charge >= 0.3 is 5.97 Å². The van der Waals surface area contributed by atoms with E-state index in [0.717, 1.165) is 31.5 Å². The summed E-state index contributed by atoms with van der Waals surface area (Å²) in [6, 6.07) is 7.95. The second-order valence-electron chi connectivity index (χ2n) is 8.81. The maximum Gasteiger partial charge on any atom is 0.331 e. The molecule has 1 aliphatic heterocycles. The van der Waals surface area contributed by atoms with Crippen molar-refractivity contribution in [3.63, 3.8) is 0 Å². The smallest absolute Gasteiger partial charge is 0.331 e. The molecule has 7 heteroatoms. The van der Waals surface area contributed by atoms with Crippen LogP contribution in [-0.2, 0) is 20.9 Å². The summed E-state index contributed by atoms with van der Waals surface area (Å²) < 4.78 is 6.24. The van der Waals surface area contributed by atoms with Crippen LogP contribution in [0.15, 0.2) is 35.9 Å². The fraction of sp³-hybridized carbons (Fsp3) is 0.600. The molecule has 0 bridgehead atoms. The van der Waals surface area contributed by atoms with Crippen LogP contribution in [0.2, 0.25) is 0 Å². The van der Waals surface area contributed by atoms with Crippen LogP contribution in [0.3, 0.4) is 0 Å². The average molecular weight is 444 g/mol. The van der Waals surface area contributed by atoms with Gasteiger partial charge in [0.15, 0.2) is 0 Å². The minimum atomic E-state index is -0.939. The quantitative estimate of drug-likeness (QED) is 0.514. The molecule has 1 aromatic rings. The number of aliphatic carboxylic acids is 1. The van der Waals surface area contributed by atoms with Crippen molar-refractivity contribution in [2.24, 2.45) is 0 Å². The van der Waals surface area contributed by atoms with Crippen molar-refractivity contribution in [2.45, 2.75) is 83.7 Å². The van der Waals surface area contributed by atoms with E-state index in [0.29, 0.717) is 18.5 Å². The number of rotatable bonds is 10. The zero-order chi connectivity index (χ0) is 23.1. The Balaban J connectivity index is 1.73. The normalized spacial score (nSPS) is 23.3. The first-order valence-electron chi connectivity index (χ1n) is 11.8. The minimum absolute atomic E-state index is 0.0134. The molecule has 1 saturated heterocycles. The van der Waals surface area contributed by atoms with E-state index in [4.69, 9.17) is 4.74 Å². The second kappa shape index (κ2) is 11.5. The van der Waals surface area contributed by atoms with Gasteiger partial charge in [-0.2, -0.15) is 0 Å². The number of carboxylic acids is 1. The van der Waals surface area contributed by atoms with E-state index in [9.17, 15) is 14.7 Å². The number of hydrogen-bond acceptors (Lipinski definition) is 5. The van der Waals surface area contributed by atoms with E-state index in [-0.39, 0.29) is 24.1 Å². The number of amides is 1. The third kappa shape index (κ3) is 6.33. The molecule has 1 fully saturated rings. The molecule has 3 N–H and O–H groups in total. The van der Waals surface area contributed by atoms with Gasteiger partial charge in [0.25, 0.3) is 0 Å². The lowest BCUT2D eigenvalue weighted by molar-refractivity contribution is -0.133. The lowest BCUT2D eigenvalue weighted by Gasteiger charge is -2.38.